The molecule has 5 heteroatoms. The predicted molar refractivity (Wildman–Crippen MR) is 68.9 cm³/mol. The van der Waals surface area contributed by atoms with Crippen LogP contribution in [-0.2, 0) is 11.4 Å². The lowest BCUT2D eigenvalue weighted by molar-refractivity contribution is -0.127. The maximum absolute atomic E-state index is 13.8. The van der Waals surface area contributed by atoms with E-state index in [-0.39, 0.29) is 19.1 Å². The summed E-state index contributed by atoms with van der Waals surface area (Å²) in [7, 11) is 3.34. The molecule has 18 heavy (non-hydrogen) atoms. The van der Waals surface area contributed by atoms with Crippen molar-refractivity contribution in [1.82, 2.24) is 4.90 Å². The molecule has 0 saturated carbocycles. The molecule has 1 aromatic rings. The van der Waals surface area contributed by atoms with Gasteiger partial charge in [0.15, 0.2) is 0 Å². The molecule has 1 aromatic carbocycles. The third-order valence-corrected chi connectivity index (χ3v) is 2.74. The summed E-state index contributed by atoms with van der Waals surface area (Å²) in [6, 6.07) is 4.53. The Morgan fingerprint density at radius 1 is 1.39 bits per heavy atom. The van der Waals surface area contributed by atoms with Crippen LogP contribution in [0.1, 0.15) is 12.5 Å². The fourth-order valence-electron chi connectivity index (χ4n) is 1.58. The number of rotatable bonds is 5. The fourth-order valence-corrected chi connectivity index (χ4v) is 1.58. The minimum Gasteiger partial charge on any atom is -0.392 e. The number of likely N-dealkylation sites (N-methyl/N-ethyl adjacent to an activating group) is 2. The topological polar surface area (TPSA) is 43.8 Å². The van der Waals surface area contributed by atoms with Gasteiger partial charge in [-0.3, -0.25) is 4.79 Å². The van der Waals surface area contributed by atoms with E-state index in [9.17, 15) is 9.18 Å². The normalized spacial score (nSPS) is 10.3. The molecule has 0 atom stereocenters. The maximum atomic E-state index is 13.8. The molecule has 0 aliphatic rings. The number of aliphatic hydroxyl groups excluding tert-OH is 1. The summed E-state index contributed by atoms with van der Waals surface area (Å²) in [4.78, 5) is 14.8. The Bertz CT molecular complexity index is 421. The van der Waals surface area contributed by atoms with Gasteiger partial charge in [-0.05, 0) is 24.6 Å². The molecule has 100 valence electrons. The van der Waals surface area contributed by atoms with Gasteiger partial charge < -0.3 is 14.9 Å². The molecule has 0 unspecified atom stereocenters. The second-order valence-corrected chi connectivity index (χ2v) is 4.25. The SMILES string of the molecule is CCN(CC(=O)N(C)C)c1ccc(CO)cc1F. The molecule has 1 N–H and O–H groups in total. The number of benzene rings is 1. The van der Waals surface area contributed by atoms with E-state index in [1.54, 1.807) is 31.1 Å². The number of hydrogen-bond acceptors (Lipinski definition) is 3. The lowest BCUT2D eigenvalue weighted by Crippen LogP contribution is -2.37. The fraction of sp³-hybridized carbons (Fsp3) is 0.462. The minimum absolute atomic E-state index is 0.0810. The third kappa shape index (κ3) is 3.43. The molecular weight excluding hydrogens is 235 g/mol. The summed E-state index contributed by atoms with van der Waals surface area (Å²) < 4.78 is 13.8. The Labute approximate surface area is 107 Å². The van der Waals surface area contributed by atoms with Crippen molar-refractivity contribution in [3.63, 3.8) is 0 Å². The number of nitrogens with zero attached hydrogens (tertiary/aromatic N) is 2. The summed E-state index contributed by atoms with van der Waals surface area (Å²) in [5.41, 5.74) is 0.899. The van der Waals surface area contributed by atoms with E-state index in [0.29, 0.717) is 17.8 Å². The largest absolute Gasteiger partial charge is 0.392 e. The van der Waals surface area contributed by atoms with E-state index in [2.05, 4.69) is 0 Å². The van der Waals surface area contributed by atoms with Gasteiger partial charge in [0.1, 0.15) is 5.82 Å². The molecule has 0 aromatic heterocycles. The number of amides is 1. The Hall–Kier alpha value is -1.62. The van der Waals surface area contributed by atoms with Crippen molar-refractivity contribution in [2.75, 3.05) is 32.1 Å². The zero-order valence-corrected chi connectivity index (χ0v) is 11.0. The predicted octanol–water partition coefficient (Wildman–Crippen LogP) is 1.23. The Kier molecular flexibility index (Phi) is 5.09. The number of aliphatic hydroxyl groups is 1. The second-order valence-electron chi connectivity index (χ2n) is 4.25. The van der Waals surface area contributed by atoms with Gasteiger partial charge in [0.05, 0.1) is 18.8 Å². The van der Waals surface area contributed by atoms with E-state index in [1.165, 1.54) is 11.0 Å². The number of halogens is 1. The molecule has 0 fully saturated rings. The van der Waals surface area contributed by atoms with Crippen LogP contribution in [0.5, 0.6) is 0 Å². The average molecular weight is 254 g/mol. The van der Waals surface area contributed by atoms with Crippen molar-refractivity contribution in [1.29, 1.82) is 0 Å². The summed E-state index contributed by atoms with van der Waals surface area (Å²) >= 11 is 0. The van der Waals surface area contributed by atoms with Crippen LogP contribution in [0, 0.1) is 5.82 Å². The standard InChI is InChI=1S/C13H19FN2O2/c1-4-16(8-13(18)15(2)3)12-6-5-10(9-17)7-11(12)14/h5-7,17H,4,8-9H2,1-3H3. The van der Waals surface area contributed by atoms with Crippen molar-refractivity contribution in [2.24, 2.45) is 0 Å². The van der Waals surface area contributed by atoms with Gasteiger partial charge in [0, 0.05) is 20.6 Å². The highest BCUT2D eigenvalue weighted by atomic mass is 19.1. The highest BCUT2D eigenvalue weighted by Crippen LogP contribution is 2.20. The van der Waals surface area contributed by atoms with E-state index in [0.717, 1.165) is 0 Å². The van der Waals surface area contributed by atoms with Gasteiger partial charge in [0.2, 0.25) is 5.91 Å². The first-order chi connectivity index (χ1) is 8.49. The molecule has 4 nitrogen and oxygen atoms in total. The first kappa shape index (κ1) is 14.4. The second kappa shape index (κ2) is 6.35. The average Bonchev–Trinajstić information content (AvgIpc) is 2.35. The molecule has 0 spiro atoms. The zero-order chi connectivity index (χ0) is 13.7. The van der Waals surface area contributed by atoms with Crippen LogP contribution < -0.4 is 4.90 Å². The molecule has 0 aliphatic carbocycles. The van der Waals surface area contributed by atoms with Crippen LogP contribution in [0.25, 0.3) is 0 Å². The van der Waals surface area contributed by atoms with Crippen LogP contribution in [0.2, 0.25) is 0 Å². The van der Waals surface area contributed by atoms with Crippen molar-refractivity contribution >= 4 is 11.6 Å². The Morgan fingerprint density at radius 3 is 2.50 bits per heavy atom. The van der Waals surface area contributed by atoms with Crippen LogP contribution >= 0.6 is 0 Å². The minimum atomic E-state index is -0.421. The summed E-state index contributed by atoms with van der Waals surface area (Å²) in [5.74, 6) is -0.502. The summed E-state index contributed by atoms with van der Waals surface area (Å²) in [6.45, 7) is 2.34. The molecule has 1 amide bonds. The van der Waals surface area contributed by atoms with E-state index in [4.69, 9.17) is 5.11 Å². The molecule has 0 heterocycles. The van der Waals surface area contributed by atoms with Crippen LogP contribution in [0.3, 0.4) is 0 Å². The van der Waals surface area contributed by atoms with Crippen molar-refractivity contribution in [3.8, 4) is 0 Å². The highest BCUT2D eigenvalue weighted by molar-refractivity contribution is 5.81. The molecule has 0 radical (unpaired) electrons. The highest BCUT2D eigenvalue weighted by Gasteiger charge is 2.15. The maximum Gasteiger partial charge on any atom is 0.241 e. The molecule has 0 saturated heterocycles. The molecule has 0 aliphatic heterocycles. The molecule has 0 bridgehead atoms. The number of hydrogen-bond donors (Lipinski definition) is 1. The van der Waals surface area contributed by atoms with Gasteiger partial charge in [-0.15, -0.1) is 0 Å². The van der Waals surface area contributed by atoms with Gasteiger partial charge in [0.25, 0.3) is 0 Å². The number of anilines is 1. The van der Waals surface area contributed by atoms with Crippen LogP contribution in [0.4, 0.5) is 10.1 Å². The van der Waals surface area contributed by atoms with E-state index in [1.807, 2.05) is 6.92 Å². The van der Waals surface area contributed by atoms with Gasteiger partial charge in [-0.2, -0.15) is 0 Å². The van der Waals surface area contributed by atoms with Gasteiger partial charge in [-0.25, -0.2) is 4.39 Å². The Morgan fingerprint density at radius 2 is 2.06 bits per heavy atom. The molecule has 1 rings (SSSR count). The van der Waals surface area contributed by atoms with Crippen LogP contribution in [0.15, 0.2) is 18.2 Å². The first-order valence-corrected chi connectivity index (χ1v) is 5.84. The zero-order valence-electron chi connectivity index (χ0n) is 11.0. The van der Waals surface area contributed by atoms with Crippen molar-refractivity contribution in [3.05, 3.63) is 29.6 Å². The molecular formula is C13H19FN2O2. The number of carbonyl (C=O) groups excluding carboxylic acids is 1. The third-order valence-electron chi connectivity index (χ3n) is 2.74. The van der Waals surface area contributed by atoms with Crippen LogP contribution in [-0.4, -0.2) is 43.1 Å². The first-order valence-electron chi connectivity index (χ1n) is 5.84. The lowest BCUT2D eigenvalue weighted by atomic mass is 10.2. The van der Waals surface area contributed by atoms with E-state index >= 15 is 0 Å². The lowest BCUT2D eigenvalue weighted by Gasteiger charge is -2.24. The quantitative estimate of drug-likeness (QED) is 0.859. The van der Waals surface area contributed by atoms with Gasteiger partial charge >= 0.3 is 0 Å². The van der Waals surface area contributed by atoms with E-state index < -0.39 is 5.82 Å². The summed E-state index contributed by atoms with van der Waals surface area (Å²) in [5, 5.41) is 8.93. The Balaban J connectivity index is 2.91. The summed E-state index contributed by atoms with van der Waals surface area (Å²) in [6.07, 6.45) is 0. The van der Waals surface area contributed by atoms with Gasteiger partial charge in [-0.1, -0.05) is 6.07 Å². The smallest absolute Gasteiger partial charge is 0.241 e. The number of carbonyl (C=O) groups is 1. The monoisotopic (exact) mass is 254 g/mol. The van der Waals surface area contributed by atoms with Crippen molar-refractivity contribution in [2.45, 2.75) is 13.5 Å². The van der Waals surface area contributed by atoms with Crippen molar-refractivity contribution < 1.29 is 14.3 Å².